The van der Waals surface area contributed by atoms with Gasteiger partial charge in [0.05, 0.1) is 10.3 Å². The normalized spacial score (nSPS) is 12.2. The average Bonchev–Trinajstić information content (AvgIpc) is 2.77. The maximum absolute atomic E-state index is 12.0. The Kier molecular flexibility index (Phi) is 4.61. The number of halogens is 1. The monoisotopic (exact) mass is 293 g/mol. The Balaban J connectivity index is 1.94. The van der Waals surface area contributed by atoms with Crippen LogP contribution < -0.4 is 5.32 Å². The van der Waals surface area contributed by atoms with Crippen molar-refractivity contribution in [2.75, 3.05) is 6.54 Å². The van der Waals surface area contributed by atoms with Crippen LogP contribution in [0.15, 0.2) is 36.4 Å². The second-order valence-electron chi connectivity index (χ2n) is 4.44. The molecule has 1 atom stereocenters. The highest BCUT2D eigenvalue weighted by Crippen LogP contribution is 2.22. The third-order valence-corrected chi connectivity index (χ3v) is 4.55. The Morgan fingerprint density at radius 1 is 1.32 bits per heavy atom. The molecule has 2 aromatic rings. The SMILES string of the molecule is Cc1cc(C(=O)NCC(Cl)c2ccccc2)sc1C. The molecule has 1 heterocycles. The Morgan fingerprint density at radius 3 is 2.58 bits per heavy atom. The zero-order valence-corrected chi connectivity index (χ0v) is 12.5. The summed E-state index contributed by atoms with van der Waals surface area (Å²) in [5.41, 5.74) is 2.17. The molecule has 0 fully saturated rings. The van der Waals surface area contributed by atoms with E-state index in [1.165, 1.54) is 16.2 Å². The molecule has 4 heteroatoms. The number of hydrogen-bond donors (Lipinski definition) is 1. The van der Waals surface area contributed by atoms with E-state index in [2.05, 4.69) is 5.32 Å². The van der Waals surface area contributed by atoms with Crippen molar-refractivity contribution in [1.82, 2.24) is 5.32 Å². The standard InChI is InChI=1S/C15H16ClNOS/c1-10-8-14(19-11(10)2)15(18)17-9-13(16)12-6-4-3-5-7-12/h3-8,13H,9H2,1-2H3,(H,17,18). The quantitative estimate of drug-likeness (QED) is 0.846. The maximum Gasteiger partial charge on any atom is 0.261 e. The van der Waals surface area contributed by atoms with Crippen LogP contribution in [-0.2, 0) is 0 Å². The molecule has 1 amide bonds. The number of carbonyl (C=O) groups excluding carboxylic acids is 1. The summed E-state index contributed by atoms with van der Waals surface area (Å²) in [7, 11) is 0. The van der Waals surface area contributed by atoms with Crippen LogP contribution >= 0.6 is 22.9 Å². The highest BCUT2D eigenvalue weighted by Gasteiger charge is 2.13. The van der Waals surface area contributed by atoms with Crippen molar-refractivity contribution in [2.45, 2.75) is 19.2 Å². The number of aryl methyl sites for hydroxylation is 2. The molecule has 0 saturated carbocycles. The van der Waals surface area contributed by atoms with Gasteiger partial charge in [0, 0.05) is 11.4 Å². The molecule has 1 aromatic heterocycles. The van der Waals surface area contributed by atoms with Crippen LogP contribution in [0.1, 0.15) is 31.1 Å². The number of rotatable bonds is 4. The largest absolute Gasteiger partial charge is 0.350 e. The van der Waals surface area contributed by atoms with Gasteiger partial charge >= 0.3 is 0 Å². The summed E-state index contributed by atoms with van der Waals surface area (Å²) in [6.07, 6.45) is 0. The van der Waals surface area contributed by atoms with Gasteiger partial charge in [0.2, 0.25) is 0 Å². The average molecular weight is 294 g/mol. The minimum absolute atomic E-state index is 0.0530. The second-order valence-corrected chi connectivity index (χ2v) is 6.22. The van der Waals surface area contributed by atoms with E-state index in [-0.39, 0.29) is 11.3 Å². The summed E-state index contributed by atoms with van der Waals surface area (Å²) in [5.74, 6) is -0.0530. The van der Waals surface area contributed by atoms with Crippen molar-refractivity contribution >= 4 is 28.8 Å². The third kappa shape index (κ3) is 3.58. The summed E-state index contributed by atoms with van der Waals surface area (Å²) in [6.45, 7) is 4.46. The summed E-state index contributed by atoms with van der Waals surface area (Å²) in [5, 5.41) is 2.68. The van der Waals surface area contributed by atoms with Gasteiger partial charge in [-0.25, -0.2) is 0 Å². The molecule has 0 spiro atoms. The van der Waals surface area contributed by atoms with E-state index in [0.29, 0.717) is 6.54 Å². The second kappa shape index (κ2) is 6.22. The fraction of sp³-hybridized carbons (Fsp3) is 0.267. The molecule has 19 heavy (non-hydrogen) atoms. The zero-order valence-electron chi connectivity index (χ0n) is 10.9. The maximum atomic E-state index is 12.0. The Morgan fingerprint density at radius 2 is 2.00 bits per heavy atom. The van der Waals surface area contributed by atoms with Crippen LogP contribution in [0.25, 0.3) is 0 Å². The Hall–Kier alpha value is -1.32. The predicted octanol–water partition coefficient (Wildman–Crippen LogP) is 4.07. The lowest BCUT2D eigenvalue weighted by Gasteiger charge is -2.10. The molecule has 2 nitrogen and oxygen atoms in total. The summed E-state index contributed by atoms with van der Waals surface area (Å²) < 4.78 is 0. The molecule has 1 unspecified atom stereocenters. The number of nitrogens with one attached hydrogen (secondary N) is 1. The molecular weight excluding hydrogens is 278 g/mol. The molecule has 1 N–H and O–H groups in total. The van der Waals surface area contributed by atoms with Gasteiger partial charge in [-0.05, 0) is 31.0 Å². The molecule has 100 valence electrons. The van der Waals surface area contributed by atoms with Crippen LogP contribution in [-0.4, -0.2) is 12.5 Å². The predicted molar refractivity (Wildman–Crippen MR) is 81.2 cm³/mol. The molecular formula is C15H16ClNOS. The van der Waals surface area contributed by atoms with Crippen LogP contribution in [0.5, 0.6) is 0 Å². The first kappa shape index (κ1) is 14.1. The van der Waals surface area contributed by atoms with Crippen LogP contribution in [0.3, 0.4) is 0 Å². The van der Waals surface area contributed by atoms with Crippen LogP contribution in [0.4, 0.5) is 0 Å². The zero-order chi connectivity index (χ0) is 13.8. The van der Waals surface area contributed by atoms with E-state index in [9.17, 15) is 4.79 Å². The van der Waals surface area contributed by atoms with Crippen molar-refractivity contribution in [3.63, 3.8) is 0 Å². The highest BCUT2D eigenvalue weighted by atomic mass is 35.5. The van der Waals surface area contributed by atoms with Gasteiger partial charge in [0.1, 0.15) is 0 Å². The van der Waals surface area contributed by atoms with Crippen molar-refractivity contribution in [3.05, 3.63) is 57.3 Å². The summed E-state index contributed by atoms with van der Waals surface area (Å²) in [4.78, 5) is 13.9. The smallest absolute Gasteiger partial charge is 0.261 e. The molecule has 0 saturated heterocycles. The molecule has 1 aromatic carbocycles. The van der Waals surface area contributed by atoms with Crippen LogP contribution in [0.2, 0.25) is 0 Å². The van der Waals surface area contributed by atoms with E-state index < -0.39 is 0 Å². The van der Waals surface area contributed by atoms with E-state index in [1.807, 2.05) is 50.2 Å². The van der Waals surface area contributed by atoms with Gasteiger partial charge in [-0.1, -0.05) is 30.3 Å². The molecule has 0 radical (unpaired) electrons. The molecule has 0 aliphatic carbocycles. The number of hydrogen-bond acceptors (Lipinski definition) is 2. The van der Waals surface area contributed by atoms with Crippen molar-refractivity contribution < 1.29 is 4.79 Å². The van der Waals surface area contributed by atoms with E-state index in [4.69, 9.17) is 11.6 Å². The van der Waals surface area contributed by atoms with Gasteiger partial charge in [-0.3, -0.25) is 4.79 Å². The number of alkyl halides is 1. The topological polar surface area (TPSA) is 29.1 Å². The molecule has 0 aliphatic rings. The molecule has 0 aliphatic heterocycles. The van der Waals surface area contributed by atoms with E-state index in [1.54, 1.807) is 0 Å². The lowest BCUT2D eigenvalue weighted by molar-refractivity contribution is 0.0957. The first-order chi connectivity index (χ1) is 9.08. The Bertz CT molecular complexity index is 545. The number of carbonyl (C=O) groups is 1. The number of thiophene rings is 1. The summed E-state index contributed by atoms with van der Waals surface area (Å²) in [6, 6.07) is 11.7. The van der Waals surface area contributed by atoms with Crippen molar-refractivity contribution in [2.24, 2.45) is 0 Å². The van der Waals surface area contributed by atoms with Gasteiger partial charge in [0.25, 0.3) is 5.91 Å². The Labute approximate surface area is 122 Å². The van der Waals surface area contributed by atoms with E-state index in [0.717, 1.165) is 16.0 Å². The summed E-state index contributed by atoms with van der Waals surface area (Å²) >= 11 is 7.78. The lowest BCUT2D eigenvalue weighted by atomic mass is 10.1. The third-order valence-electron chi connectivity index (χ3n) is 2.99. The first-order valence-corrected chi connectivity index (χ1v) is 7.37. The minimum atomic E-state index is -0.202. The molecule has 0 bridgehead atoms. The van der Waals surface area contributed by atoms with Crippen molar-refractivity contribution in [3.8, 4) is 0 Å². The van der Waals surface area contributed by atoms with Crippen molar-refractivity contribution in [1.29, 1.82) is 0 Å². The number of amides is 1. The van der Waals surface area contributed by atoms with Gasteiger partial charge in [0.15, 0.2) is 0 Å². The molecule has 2 rings (SSSR count). The fourth-order valence-corrected chi connectivity index (χ4v) is 2.91. The first-order valence-electron chi connectivity index (χ1n) is 6.12. The van der Waals surface area contributed by atoms with Crippen LogP contribution in [0, 0.1) is 13.8 Å². The van der Waals surface area contributed by atoms with Gasteiger partial charge in [-0.2, -0.15) is 0 Å². The van der Waals surface area contributed by atoms with Gasteiger partial charge < -0.3 is 5.32 Å². The minimum Gasteiger partial charge on any atom is -0.350 e. The fourth-order valence-electron chi connectivity index (χ4n) is 1.73. The number of benzene rings is 1. The lowest BCUT2D eigenvalue weighted by Crippen LogP contribution is -2.26. The van der Waals surface area contributed by atoms with Gasteiger partial charge in [-0.15, -0.1) is 22.9 Å². The van der Waals surface area contributed by atoms with E-state index >= 15 is 0 Å². The highest BCUT2D eigenvalue weighted by molar-refractivity contribution is 7.14.